The van der Waals surface area contributed by atoms with Crippen LogP contribution in [0.2, 0.25) is 0 Å². The molecule has 0 aliphatic carbocycles. The van der Waals surface area contributed by atoms with Gasteiger partial charge in [0.25, 0.3) is 5.69 Å². The number of hydrogen-bond donors (Lipinski definition) is 2. The van der Waals surface area contributed by atoms with Gasteiger partial charge in [-0.15, -0.1) is 0 Å². The molecule has 1 aliphatic heterocycles. The molecule has 1 aromatic carbocycles. The number of hydrogen-bond acceptors (Lipinski definition) is 6. The number of nitrogens with zero attached hydrogens (tertiary/aromatic N) is 2. The van der Waals surface area contributed by atoms with Gasteiger partial charge in [-0.1, -0.05) is 11.3 Å². The van der Waals surface area contributed by atoms with Gasteiger partial charge in [-0.05, 0) is 32.0 Å². The third kappa shape index (κ3) is 2.66. The summed E-state index contributed by atoms with van der Waals surface area (Å²) in [5.74, 6) is 0. The maximum Gasteiger partial charge on any atom is 0.271 e. The van der Waals surface area contributed by atoms with Gasteiger partial charge >= 0.3 is 0 Å². The third-order valence-electron chi connectivity index (χ3n) is 3.25. The van der Waals surface area contributed by atoms with Crippen LogP contribution in [0.1, 0.15) is 12.8 Å². The molecule has 2 aromatic rings. The number of rotatable bonds is 3. The van der Waals surface area contributed by atoms with Crippen LogP contribution in [0.5, 0.6) is 0 Å². The minimum Gasteiger partial charge on any atom is -0.359 e. The Morgan fingerprint density at radius 3 is 2.95 bits per heavy atom. The summed E-state index contributed by atoms with van der Waals surface area (Å²) in [6.45, 7) is 2.04. The van der Waals surface area contributed by atoms with Gasteiger partial charge in [0.15, 0.2) is 5.13 Å². The van der Waals surface area contributed by atoms with Crippen molar-refractivity contribution in [3.8, 4) is 0 Å². The van der Waals surface area contributed by atoms with Crippen LogP contribution in [-0.4, -0.2) is 29.0 Å². The van der Waals surface area contributed by atoms with Crippen LogP contribution in [0, 0.1) is 10.1 Å². The molecular weight excluding hydrogens is 264 g/mol. The number of thiazole rings is 1. The highest BCUT2D eigenvalue weighted by atomic mass is 32.1. The zero-order valence-electron chi connectivity index (χ0n) is 10.3. The summed E-state index contributed by atoms with van der Waals surface area (Å²) >= 11 is 1.55. The van der Waals surface area contributed by atoms with Crippen LogP contribution in [0.4, 0.5) is 10.8 Å². The predicted molar refractivity (Wildman–Crippen MR) is 75.8 cm³/mol. The fraction of sp³-hybridized carbons (Fsp3) is 0.417. The van der Waals surface area contributed by atoms with Crippen LogP contribution < -0.4 is 10.6 Å². The molecule has 1 saturated heterocycles. The van der Waals surface area contributed by atoms with E-state index in [9.17, 15) is 10.1 Å². The first-order valence-corrected chi connectivity index (χ1v) is 7.06. The largest absolute Gasteiger partial charge is 0.359 e. The topological polar surface area (TPSA) is 80.1 Å². The summed E-state index contributed by atoms with van der Waals surface area (Å²) in [4.78, 5) is 14.8. The fourth-order valence-electron chi connectivity index (χ4n) is 2.23. The first-order chi connectivity index (χ1) is 9.22. The van der Waals surface area contributed by atoms with E-state index in [0.29, 0.717) is 11.6 Å². The predicted octanol–water partition coefficient (Wildman–Crippen LogP) is 2.37. The number of nitro groups is 1. The smallest absolute Gasteiger partial charge is 0.271 e. The molecule has 0 amide bonds. The molecule has 1 aliphatic rings. The zero-order chi connectivity index (χ0) is 13.2. The first-order valence-electron chi connectivity index (χ1n) is 6.24. The molecule has 1 fully saturated rings. The molecule has 1 aromatic heterocycles. The highest BCUT2D eigenvalue weighted by Gasteiger charge is 2.15. The normalized spacial score (nSPS) is 16.6. The molecule has 100 valence electrons. The molecule has 3 rings (SSSR count). The molecule has 6 nitrogen and oxygen atoms in total. The van der Waals surface area contributed by atoms with E-state index in [1.165, 1.54) is 12.1 Å². The molecular formula is C12H14N4O2S. The molecule has 2 heterocycles. The van der Waals surface area contributed by atoms with Gasteiger partial charge in [0.05, 0.1) is 15.1 Å². The Bertz CT molecular complexity index is 607. The van der Waals surface area contributed by atoms with E-state index in [2.05, 4.69) is 15.6 Å². The summed E-state index contributed by atoms with van der Waals surface area (Å²) in [6, 6.07) is 5.25. The van der Waals surface area contributed by atoms with Crippen LogP contribution >= 0.6 is 11.3 Å². The van der Waals surface area contributed by atoms with Crippen molar-refractivity contribution >= 4 is 32.4 Å². The molecule has 0 saturated carbocycles. The molecule has 19 heavy (non-hydrogen) atoms. The van der Waals surface area contributed by atoms with Crippen molar-refractivity contribution in [3.05, 3.63) is 28.3 Å². The van der Waals surface area contributed by atoms with Crippen LogP contribution in [0.15, 0.2) is 18.2 Å². The highest BCUT2D eigenvalue weighted by molar-refractivity contribution is 7.22. The molecule has 0 unspecified atom stereocenters. The fourth-order valence-corrected chi connectivity index (χ4v) is 3.16. The number of aromatic nitrogens is 1. The van der Waals surface area contributed by atoms with Crippen molar-refractivity contribution in [3.63, 3.8) is 0 Å². The maximum absolute atomic E-state index is 10.7. The summed E-state index contributed by atoms with van der Waals surface area (Å²) in [7, 11) is 0. The van der Waals surface area contributed by atoms with Crippen molar-refractivity contribution in [1.29, 1.82) is 0 Å². The van der Waals surface area contributed by atoms with E-state index in [-0.39, 0.29) is 5.69 Å². The third-order valence-corrected chi connectivity index (χ3v) is 4.22. The average molecular weight is 278 g/mol. The zero-order valence-corrected chi connectivity index (χ0v) is 11.1. The van der Waals surface area contributed by atoms with Gasteiger partial charge in [0.1, 0.15) is 0 Å². The van der Waals surface area contributed by atoms with E-state index in [4.69, 9.17) is 0 Å². The Balaban J connectivity index is 1.82. The molecule has 0 spiro atoms. The Kier molecular flexibility index (Phi) is 3.31. The average Bonchev–Trinajstić information content (AvgIpc) is 2.80. The number of non-ortho nitro benzene ring substituents is 1. The minimum atomic E-state index is -0.390. The second-order valence-corrected chi connectivity index (χ2v) is 5.63. The van der Waals surface area contributed by atoms with Crippen molar-refractivity contribution in [2.75, 3.05) is 18.4 Å². The standard InChI is InChI=1S/C12H14N4O2S/c17-16(18)9-1-2-11-10(7-9)15-12(19-11)14-8-3-5-13-6-4-8/h1-2,7-8,13H,3-6H2,(H,14,15). The monoisotopic (exact) mass is 278 g/mol. The quantitative estimate of drug-likeness (QED) is 0.665. The van der Waals surface area contributed by atoms with E-state index in [0.717, 1.165) is 35.8 Å². The van der Waals surface area contributed by atoms with E-state index >= 15 is 0 Å². The lowest BCUT2D eigenvalue weighted by molar-refractivity contribution is -0.384. The maximum atomic E-state index is 10.7. The Morgan fingerprint density at radius 2 is 2.21 bits per heavy atom. The van der Waals surface area contributed by atoms with E-state index < -0.39 is 4.92 Å². The van der Waals surface area contributed by atoms with Crippen molar-refractivity contribution in [2.24, 2.45) is 0 Å². The molecule has 0 bridgehead atoms. The van der Waals surface area contributed by atoms with Crippen molar-refractivity contribution in [1.82, 2.24) is 10.3 Å². The second kappa shape index (κ2) is 5.10. The lowest BCUT2D eigenvalue weighted by Crippen LogP contribution is -2.35. The number of nitrogens with one attached hydrogen (secondary N) is 2. The van der Waals surface area contributed by atoms with E-state index in [1.54, 1.807) is 17.4 Å². The number of fused-ring (bicyclic) bond motifs is 1. The Labute approximate surface area is 114 Å². The SMILES string of the molecule is O=[N+]([O-])c1ccc2sc(NC3CCNCC3)nc2c1. The van der Waals surface area contributed by atoms with Gasteiger partial charge in [0, 0.05) is 18.2 Å². The minimum absolute atomic E-state index is 0.0891. The number of nitro benzene ring substituents is 1. The first kappa shape index (κ1) is 12.3. The summed E-state index contributed by atoms with van der Waals surface area (Å²) in [5.41, 5.74) is 0.779. The number of benzene rings is 1. The number of piperidine rings is 1. The number of anilines is 1. The van der Waals surface area contributed by atoms with E-state index in [1.807, 2.05) is 0 Å². The van der Waals surface area contributed by atoms with Crippen LogP contribution in [-0.2, 0) is 0 Å². The lowest BCUT2D eigenvalue weighted by atomic mass is 10.1. The van der Waals surface area contributed by atoms with Crippen molar-refractivity contribution < 1.29 is 4.92 Å². The van der Waals surface area contributed by atoms with Gasteiger partial charge in [-0.25, -0.2) is 4.98 Å². The Morgan fingerprint density at radius 1 is 1.42 bits per heavy atom. The summed E-state index contributed by atoms with van der Waals surface area (Å²) in [5, 5.41) is 18.3. The highest BCUT2D eigenvalue weighted by Crippen LogP contribution is 2.29. The van der Waals surface area contributed by atoms with Crippen LogP contribution in [0.3, 0.4) is 0 Å². The van der Waals surface area contributed by atoms with Gasteiger partial charge in [-0.3, -0.25) is 10.1 Å². The molecule has 7 heteroatoms. The molecule has 0 radical (unpaired) electrons. The van der Waals surface area contributed by atoms with Crippen LogP contribution in [0.25, 0.3) is 10.2 Å². The van der Waals surface area contributed by atoms with Gasteiger partial charge in [-0.2, -0.15) is 0 Å². The summed E-state index contributed by atoms with van der Waals surface area (Å²) in [6.07, 6.45) is 2.16. The van der Waals surface area contributed by atoms with Gasteiger partial charge in [0.2, 0.25) is 0 Å². The Hall–Kier alpha value is -1.73. The second-order valence-electron chi connectivity index (χ2n) is 4.60. The molecule has 0 atom stereocenters. The lowest BCUT2D eigenvalue weighted by Gasteiger charge is -2.23. The molecule has 2 N–H and O–H groups in total. The summed E-state index contributed by atoms with van der Waals surface area (Å²) < 4.78 is 0.974. The van der Waals surface area contributed by atoms with Gasteiger partial charge < -0.3 is 10.6 Å². The van der Waals surface area contributed by atoms with Crippen molar-refractivity contribution in [2.45, 2.75) is 18.9 Å².